The number of nitrogens with one attached hydrogen (secondary N) is 2. The van der Waals surface area contributed by atoms with E-state index in [0.29, 0.717) is 0 Å². The third-order valence-electron chi connectivity index (χ3n) is 2.90. The molecule has 0 radical (unpaired) electrons. The second-order valence-electron chi connectivity index (χ2n) is 4.69. The Hall–Kier alpha value is -1.51. The Morgan fingerprint density at radius 1 is 1.07 bits per heavy atom. The van der Waals surface area contributed by atoms with Crippen LogP contribution in [-0.2, 0) is 4.79 Å². The number of hydrogen-bond acceptors (Lipinski definition) is 2. The number of anilines is 2. The van der Waals surface area contributed by atoms with Gasteiger partial charge in [-0.1, -0.05) is 0 Å². The Morgan fingerprint density at radius 3 is 2.20 bits per heavy atom. The van der Waals surface area contributed by atoms with E-state index in [1.807, 2.05) is 26.8 Å². The van der Waals surface area contributed by atoms with Crippen molar-refractivity contribution >= 4 is 17.3 Å². The first-order valence-electron chi connectivity index (χ1n) is 5.11. The van der Waals surface area contributed by atoms with Crippen molar-refractivity contribution in [3.63, 3.8) is 0 Å². The van der Waals surface area contributed by atoms with E-state index in [0.717, 1.165) is 11.4 Å². The first kappa shape index (κ1) is 10.0. The van der Waals surface area contributed by atoms with Crippen molar-refractivity contribution in [3.8, 4) is 0 Å². The molecule has 3 heteroatoms. The van der Waals surface area contributed by atoms with Crippen LogP contribution in [0.1, 0.15) is 25.0 Å². The van der Waals surface area contributed by atoms with Crippen LogP contribution in [0.4, 0.5) is 11.4 Å². The number of aryl methyl sites for hydroxylation is 2. The lowest BCUT2D eigenvalue weighted by Crippen LogP contribution is -2.47. The first-order valence-corrected chi connectivity index (χ1v) is 5.11. The average Bonchev–Trinajstić information content (AvgIpc) is 2.11. The lowest BCUT2D eigenvalue weighted by Gasteiger charge is -2.33. The Balaban J connectivity index is 2.51. The van der Waals surface area contributed by atoms with Crippen LogP contribution in [0.2, 0.25) is 0 Å². The third-order valence-corrected chi connectivity index (χ3v) is 2.90. The molecule has 15 heavy (non-hydrogen) atoms. The zero-order valence-electron chi connectivity index (χ0n) is 9.56. The van der Waals surface area contributed by atoms with E-state index >= 15 is 0 Å². The Kier molecular flexibility index (Phi) is 2.00. The molecule has 3 nitrogen and oxygen atoms in total. The standard InChI is InChI=1S/C12H16N2O/c1-7-5-9-10(6-8(7)2)14-12(3,4)11(15)13-9/h5-6,14H,1-4H3,(H,13,15). The minimum absolute atomic E-state index is 0.0123. The van der Waals surface area contributed by atoms with Gasteiger partial charge in [0.1, 0.15) is 5.54 Å². The number of carbonyl (C=O) groups excluding carboxylic acids is 1. The van der Waals surface area contributed by atoms with Crippen LogP contribution in [-0.4, -0.2) is 11.4 Å². The number of fused-ring (bicyclic) bond motifs is 1. The highest BCUT2D eigenvalue weighted by molar-refractivity contribution is 6.05. The fourth-order valence-corrected chi connectivity index (χ4v) is 1.70. The van der Waals surface area contributed by atoms with Crippen LogP contribution in [0.25, 0.3) is 0 Å². The SMILES string of the molecule is Cc1cc2c(cc1C)NC(C)(C)C(=O)N2. The summed E-state index contributed by atoms with van der Waals surface area (Å²) in [6.07, 6.45) is 0. The van der Waals surface area contributed by atoms with Crippen molar-refractivity contribution in [2.24, 2.45) is 0 Å². The van der Waals surface area contributed by atoms with Gasteiger partial charge in [-0.2, -0.15) is 0 Å². The molecule has 80 valence electrons. The normalized spacial score (nSPS) is 17.7. The van der Waals surface area contributed by atoms with Crippen LogP contribution in [0.15, 0.2) is 12.1 Å². The number of amides is 1. The van der Waals surface area contributed by atoms with Gasteiger partial charge in [0.05, 0.1) is 11.4 Å². The van der Waals surface area contributed by atoms with Gasteiger partial charge in [0.25, 0.3) is 0 Å². The summed E-state index contributed by atoms with van der Waals surface area (Å²) in [4.78, 5) is 11.7. The molecule has 0 atom stereocenters. The van der Waals surface area contributed by atoms with Gasteiger partial charge in [0, 0.05) is 0 Å². The minimum atomic E-state index is -0.533. The highest BCUT2D eigenvalue weighted by Crippen LogP contribution is 2.32. The number of carbonyl (C=O) groups is 1. The van der Waals surface area contributed by atoms with Gasteiger partial charge in [-0.3, -0.25) is 4.79 Å². The van der Waals surface area contributed by atoms with E-state index in [1.54, 1.807) is 0 Å². The van der Waals surface area contributed by atoms with Crippen LogP contribution >= 0.6 is 0 Å². The molecule has 0 saturated heterocycles. The van der Waals surface area contributed by atoms with Gasteiger partial charge >= 0.3 is 0 Å². The largest absolute Gasteiger partial charge is 0.370 e. The minimum Gasteiger partial charge on any atom is -0.370 e. The van der Waals surface area contributed by atoms with Crippen LogP contribution in [0.5, 0.6) is 0 Å². The summed E-state index contributed by atoms with van der Waals surface area (Å²) in [5, 5.41) is 6.16. The number of rotatable bonds is 0. The Morgan fingerprint density at radius 2 is 1.60 bits per heavy atom. The maximum atomic E-state index is 11.7. The summed E-state index contributed by atoms with van der Waals surface area (Å²) >= 11 is 0. The predicted octanol–water partition coefficient (Wildman–Crippen LogP) is 2.45. The van der Waals surface area contributed by atoms with E-state index < -0.39 is 5.54 Å². The molecule has 0 saturated carbocycles. The maximum absolute atomic E-state index is 11.7. The second kappa shape index (κ2) is 2.99. The molecule has 0 bridgehead atoms. The van der Waals surface area contributed by atoms with Crippen LogP contribution < -0.4 is 10.6 Å². The second-order valence-corrected chi connectivity index (χ2v) is 4.69. The zero-order chi connectivity index (χ0) is 11.2. The lowest BCUT2D eigenvalue weighted by molar-refractivity contribution is -0.119. The summed E-state index contributed by atoms with van der Waals surface area (Å²) in [5.41, 5.74) is 3.77. The van der Waals surface area contributed by atoms with Crippen molar-refractivity contribution in [2.45, 2.75) is 33.2 Å². The number of hydrogen-bond donors (Lipinski definition) is 2. The van der Waals surface area contributed by atoms with E-state index in [1.165, 1.54) is 11.1 Å². The van der Waals surface area contributed by atoms with Crippen LogP contribution in [0, 0.1) is 13.8 Å². The zero-order valence-corrected chi connectivity index (χ0v) is 9.56. The van der Waals surface area contributed by atoms with E-state index in [9.17, 15) is 4.79 Å². The van der Waals surface area contributed by atoms with E-state index in [-0.39, 0.29) is 5.91 Å². The summed E-state index contributed by atoms with van der Waals surface area (Å²) in [6.45, 7) is 7.86. The fraction of sp³-hybridized carbons (Fsp3) is 0.417. The van der Waals surface area contributed by atoms with Gasteiger partial charge < -0.3 is 10.6 Å². The topological polar surface area (TPSA) is 41.1 Å². The van der Waals surface area contributed by atoms with Gasteiger partial charge in [0.2, 0.25) is 5.91 Å². The lowest BCUT2D eigenvalue weighted by atomic mass is 9.98. The maximum Gasteiger partial charge on any atom is 0.249 e. The first-order chi connectivity index (χ1) is 6.90. The molecule has 2 N–H and O–H groups in total. The van der Waals surface area contributed by atoms with Crippen molar-refractivity contribution in [1.29, 1.82) is 0 Å². The van der Waals surface area contributed by atoms with Gasteiger partial charge in [-0.25, -0.2) is 0 Å². The molecule has 1 aromatic rings. The average molecular weight is 204 g/mol. The van der Waals surface area contributed by atoms with Crippen LogP contribution in [0.3, 0.4) is 0 Å². The number of benzene rings is 1. The van der Waals surface area contributed by atoms with Gasteiger partial charge in [0.15, 0.2) is 0 Å². The quantitative estimate of drug-likeness (QED) is 0.681. The molecule has 1 heterocycles. The molecule has 0 aromatic heterocycles. The summed E-state index contributed by atoms with van der Waals surface area (Å²) in [5.74, 6) is 0.0123. The molecular weight excluding hydrogens is 188 g/mol. The Labute approximate surface area is 89.9 Å². The molecule has 1 aliphatic heterocycles. The van der Waals surface area contributed by atoms with Crippen molar-refractivity contribution in [1.82, 2.24) is 0 Å². The summed E-state index contributed by atoms with van der Waals surface area (Å²) < 4.78 is 0. The van der Waals surface area contributed by atoms with Gasteiger partial charge in [-0.05, 0) is 51.0 Å². The molecule has 0 fully saturated rings. The Bertz CT molecular complexity index is 435. The predicted molar refractivity (Wildman–Crippen MR) is 62.2 cm³/mol. The third kappa shape index (κ3) is 1.58. The van der Waals surface area contributed by atoms with Crippen molar-refractivity contribution < 1.29 is 4.79 Å². The highest BCUT2D eigenvalue weighted by Gasteiger charge is 2.32. The highest BCUT2D eigenvalue weighted by atomic mass is 16.2. The molecule has 0 aliphatic carbocycles. The smallest absolute Gasteiger partial charge is 0.249 e. The molecule has 1 amide bonds. The monoisotopic (exact) mass is 204 g/mol. The molecule has 2 rings (SSSR count). The molecule has 1 aromatic carbocycles. The van der Waals surface area contributed by atoms with Gasteiger partial charge in [-0.15, -0.1) is 0 Å². The van der Waals surface area contributed by atoms with E-state index in [4.69, 9.17) is 0 Å². The molecule has 0 unspecified atom stereocenters. The van der Waals surface area contributed by atoms with Crippen molar-refractivity contribution in [2.75, 3.05) is 10.6 Å². The fourth-order valence-electron chi connectivity index (χ4n) is 1.70. The van der Waals surface area contributed by atoms with Crippen molar-refractivity contribution in [3.05, 3.63) is 23.3 Å². The van der Waals surface area contributed by atoms with E-state index in [2.05, 4.69) is 23.6 Å². The summed E-state index contributed by atoms with van der Waals surface area (Å²) in [6, 6.07) is 4.08. The molecule has 1 aliphatic rings. The molecular formula is C12H16N2O. The summed E-state index contributed by atoms with van der Waals surface area (Å²) in [7, 11) is 0. The molecule has 0 spiro atoms.